The summed E-state index contributed by atoms with van der Waals surface area (Å²) in [5, 5.41) is 9.40. The van der Waals surface area contributed by atoms with Crippen molar-refractivity contribution in [2.75, 3.05) is 13.1 Å². The summed E-state index contributed by atoms with van der Waals surface area (Å²) in [5.41, 5.74) is -0.499. The topological polar surface area (TPSA) is 87.3 Å². The minimum atomic E-state index is -0.376. The molecule has 0 spiro atoms. The molecule has 0 saturated heterocycles. The van der Waals surface area contributed by atoms with Crippen molar-refractivity contribution in [3.63, 3.8) is 0 Å². The molecule has 1 unspecified atom stereocenters. The van der Waals surface area contributed by atoms with Gasteiger partial charge in [-0.05, 0) is 52.9 Å². The molecular formula is C34H67N3O3. The van der Waals surface area contributed by atoms with Gasteiger partial charge in [0.25, 0.3) is 0 Å². The van der Waals surface area contributed by atoms with E-state index in [4.69, 9.17) is 0 Å². The van der Waals surface area contributed by atoms with Gasteiger partial charge in [0.2, 0.25) is 11.8 Å². The summed E-state index contributed by atoms with van der Waals surface area (Å²) >= 11 is 0. The van der Waals surface area contributed by atoms with Gasteiger partial charge in [-0.15, -0.1) is 0 Å². The van der Waals surface area contributed by atoms with E-state index in [1.54, 1.807) is 0 Å². The van der Waals surface area contributed by atoms with E-state index in [0.29, 0.717) is 32.4 Å². The van der Waals surface area contributed by atoms with Crippen molar-refractivity contribution in [3.8, 4) is 0 Å². The highest BCUT2D eigenvalue weighted by Crippen LogP contribution is 2.21. The fourth-order valence-electron chi connectivity index (χ4n) is 4.97. The number of Topliss-reactive ketones (excluding diaryl/α,β-unsaturated/α-hetero) is 1. The van der Waals surface area contributed by atoms with Crippen molar-refractivity contribution >= 4 is 17.6 Å². The van der Waals surface area contributed by atoms with Gasteiger partial charge < -0.3 is 16.0 Å². The smallest absolute Gasteiger partial charge is 0.220 e. The summed E-state index contributed by atoms with van der Waals surface area (Å²) in [6, 6.07) is -0.168. The summed E-state index contributed by atoms with van der Waals surface area (Å²) in [5.74, 6) is 0.371. The summed E-state index contributed by atoms with van der Waals surface area (Å²) in [6.07, 6.45) is 21.1. The van der Waals surface area contributed by atoms with Crippen LogP contribution in [0.15, 0.2) is 0 Å². The third-order valence-electron chi connectivity index (χ3n) is 7.31. The fourth-order valence-corrected chi connectivity index (χ4v) is 4.97. The van der Waals surface area contributed by atoms with Crippen molar-refractivity contribution < 1.29 is 14.4 Å². The number of unbranched alkanes of at least 4 members (excludes halogenated alkanes) is 13. The van der Waals surface area contributed by atoms with Crippen molar-refractivity contribution in [2.45, 2.75) is 182 Å². The van der Waals surface area contributed by atoms with Crippen LogP contribution in [0.2, 0.25) is 0 Å². The lowest BCUT2D eigenvalue weighted by Gasteiger charge is -2.31. The van der Waals surface area contributed by atoms with Crippen LogP contribution in [0.4, 0.5) is 0 Å². The second-order valence-electron chi connectivity index (χ2n) is 13.9. The number of hydrogen-bond acceptors (Lipinski definition) is 4. The first-order valence-electron chi connectivity index (χ1n) is 16.7. The van der Waals surface area contributed by atoms with Crippen LogP contribution in [0, 0.1) is 5.41 Å². The molecule has 0 aromatic heterocycles. The van der Waals surface area contributed by atoms with E-state index in [-0.39, 0.29) is 34.6 Å². The third kappa shape index (κ3) is 24.4. The molecule has 0 aliphatic carbocycles. The Morgan fingerprint density at radius 2 is 0.975 bits per heavy atom. The highest BCUT2D eigenvalue weighted by molar-refractivity contribution is 5.88. The molecule has 2 amide bonds. The predicted molar refractivity (Wildman–Crippen MR) is 171 cm³/mol. The maximum atomic E-state index is 12.8. The van der Waals surface area contributed by atoms with Crippen LogP contribution >= 0.6 is 0 Å². The maximum Gasteiger partial charge on any atom is 0.220 e. The first-order valence-corrected chi connectivity index (χ1v) is 16.7. The van der Waals surface area contributed by atoms with E-state index in [9.17, 15) is 14.4 Å². The Labute approximate surface area is 248 Å². The van der Waals surface area contributed by atoms with E-state index in [1.165, 1.54) is 70.6 Å². The monoisotopic (exact) mass is 566 g/mol. The standard InChI is InChI=1S/C34H67N3O3/c1-8-9-10-11-12-13-14-15-16-17-18-19-20-25-30(38)36-28-23-26-31(39)35-27-22-21-24-29(37-34(5,6)7)32(40)33(2,3)4/h29,37H,8-28H2,1-7H3,(H,35,39)(H,36,38). The van der Waals surface area contributed by atoms with Crippen LogP contribution in [-0.2, 0) is 14.4 Å². The molecule has 0 rings (SSSR count). The SMILES string of the molecule is CCCCCCCCCCCCCCCC(=O)NCCCC(=O)NCCCCC(NC(C)(C)C)C(=O)C(C)(C)C. The predicted octanol–water partition coefficient (Wildman–Crippen LogP) is 8.02. The van der Waals surface area contributed by atoms with Gasteiger partial charge in [-0.3, -0.25) is 14.4 Å². The Morgan fingerprint density at radius 1 is 0.550 bits per heavy atom. The lowest BCUT2D eigenvalue weighted by atomic mass is 9.84. The number of carbonyl (C=O) groups is 3. The molecule has 0 bridgehead atoms. The first-order chi connectivity index (χ1) is 18.9. The maximum absolute atomic E-state index is 12.8. The van der Waals surface area contributed by atoms with Crippen LogP contribution in [0.1, 0.15) is 170 Å². The van der Waals surface area contributed by atoms with Crippen LogP contribution in [0.25, 0.3) is 0 Å². The van der Waals surface area contributed by atoms with Gasteiger partial charge in [0.1, 0.15) is 0 Å². The van der Waals surface area contributed by atoms with E-state index in [1.807, 2.05) is 20.8 Å². The molecule has 0 aromatic carbocycles. The third-order valence-corrected chi connectivity index (χ3v) is 7.31. The van der Waals surface area contributed by atoms with Crippen LogP contribution in [-0.4, -0.2) is 42.3 Å². The highest BCUT2D eigenvalue weighted by atomic mass is 16.2. The number of hydrogen-bond donors (Lipinski definition) is 3. The second kappa shape index (κ2) is 23.2. The average Bonchev–Trinajstić information content (AvgIpc) is 2.86. The second-order valence-corrected chi connectivity index (χ2v) is 13.9. The minimum absolute atomic E-state index is 0.0286. The van der Waals surface area contributed by atoms with Crippen molar-refractivity contribution in [1.82, 2.24) is 16.0 Å². The van der Waals surface area contributed by atoms with Crippen molar-refractivity contribution in [1.29, 1.82) is 0 Å². The minimum Gasteiger partial charge on any atom is -0.356 e. The van der Waals surface area contributed by atoms with Crippen molar-refractivity contribution in [2.24, 2.45) is 5.41 Å². The van der Waals surface area contributed by atoms with E-state index < -0.39 is 0 Å². The summed E-state index contributed by atoms with van der Waals surface area (Å²) in [6.45, 7) is 15.6. The van der Waals surface area contributed by atoms with E-state index >= 15 is 0 Å². The molecule has 6 nitrogen and oxygen atoms in total. The Balaban J connectivity index is 3.71. The molecule has 0 aliphatic rings. The molecule has 0 radical (unpaired) electrons. The van der Waals surface area contributed by atoms with E-state index in [0.717, 1.165) is 32.1 Å². The Kier molecular flexibility index (Phi) is 22.3. The molecule has 3 N–H and O–H groups in total. The molecule has 0 aliphatic heterocycles. The quantitative estimate of drug-likeness (QED) is 0.0978. The fraction of sp³-hybridized carbons (Fsp3) is 0.912. The van der Waals surface area contributed by atoms with Crippen LogP contribution in [0.3, 0.4) is 0 Å². The van der Waals surface area contributed by atoms with Gasteiger partial charge in [-0.1, -0.05) is 105 Å². The summed E-state index contributed by atoms with van der Waals surface area (Å²) in [7, 11) is 0. The lowest BCUT2D eigenvalue weighted by molar-refractivity contribution is -0.129. The zero-order chi connectivity index (χ0) is 30.3. The summed E-state index contributed by atoms with van der Waals surface area (Å²) < 4.78 is 0. The van der Waals surface area contributed by atoms with Gasteiger partial charge in [-0.2, -0.15) is 0 Å². The average molecular weight is 566 g/mol. The lowest BCUT2D eigenvalue weighted by Crippen LogP contribution is -2.50. The van der Waals surface area contributed by atoms with Gasteiger partial charge in [0.05, 0.1) is 6.04 Å². The zero-order valence-electron chi connectivity index (χ0n) is 27.7. The molecule has 1 atom stereocenters. The Bertz CT molecular complexity index is 664. The van der Waals surface area contributed by atoms with Crippen LogP contribution < -0.4 is 16.0 Å². The van der Waals surface area contributed by atoms with Crippen molar-refractivity contribution in [3.05, 3.63) is 0 Å². The molecule has 0 aromatic rings. The first kappa shape index (κ1) is 38.6. The number of ketones is 1. The molecule has 0 saturated carbocycles. The number of rotatable bonds is 25. The molecule has 6 heteroatoms. The van der Waals surface area contributed by atoms with Gasteiger partial charge in [0.15, 0.2) is 5.78 Å². The normalized spacial score (nSPS) is 12.8. The zero-order valence-corrected chi connectivity index (χ0v) is 27.7. The number of nitrogens with one attached hydrogen (secondary N) is 3. The van der Waals surface area contributed by atoms with Gasteiger partial charge >= 0.3 is 0 Å². The van der Waals surface area contributed by atoms with E-state index in [2.05, 4.69) is 43.6 Å². The number of amides is 2. The summed E-state index contributed by atoms with van der Waals surface area (Å²) in [4.78, 5) is 37.0. The molecule has 40 heavy (non-hydrogen) atoms. The van der Waals surface area contributed by atoms with Crippen LogP contribution in [0.5, 0.6) is 0 Å². The highest BCUT2D eigenvalue weighted by Gasteiger charge is 2.31. The molecule has 236 valence electrons. The largest absolute Gasteiger partial charge is 0.356 e. The molecule has 0 heterocycles. The Hall–Kier alpha value is -1.43. The number of carbonyl (C=O) groups excluding carboxylic acids is 3. The molecular weight excluding hydrogens is 498 g/mol. The molecule has 0 fully saturated rings. The van der Waals surface area contributed by atoms with Gasteiger partial charge in [0, 0.05) is 36.9 Å². The Morgan fingerprint density at radius 3 is 1.43 bits per heavy atom. The van der Waals surface area contributed by atoms with Gasteiger partial charge in [-0.25, -0.2) is 0 Å².